The largest absolute Gasteiger partial charge is 0.381 e. The van der Waals surface area contributed by atoms with Crippen molar-refractivity contribution in [3.05, 3.63) is 71.3 Å². The van der Waals surface area contributed by atoms with Crippen LogP contribution in [0.5, 0.6) is 0 Å². The van der Waals surface area contributed by atoms with Gasteiger partial charge in [-0.05, 0) is 99.6 Å². The summed E-state index contributed by atoms with van der Waals surface area (Å²) in [5.41, 5.74) is 6.39. The molecule has 10 heteroatoms. The first-order valence-corrected chi connectivity index (χ1v) is 18.0. The van der Waals surface area contributed by atoms with Gasteiger partial charge < -0.3 is 29.2 Å². The Balaban J connectivity index is 0.891. The lowest BCUT2D eigenvalue weighted by molar-refractivity contribution is -0.140. The molecular formula is C38H46N6O4. The monoisotopic (exact) mass is 650 g/mol. The molecule has 0 spiro atoms. The maximum atomic E-state index is 13.3. The van der Waals surface area contributed by atoms with Crippen LogP contribution in [0.15, 0.2) is 48.6 Å². The molecule has 2 amide bonds. The van der Waals surface area contributed by atoms with E-state index >= 15 is 0 Å². The molecule has 252 valence electrons. The fourth-order valence-electron chi connectivity index (χ4n) is 8.15. The Bertz CT molecular complexity index is 1670. The molecule has 0 unspecified atom stereocenters. The lowest BCUT2D eigenvalue weighted by atomic mass is 9.98. The number of imidazole rings is 2. The zero-order valence-corrected chi connectivity index (χ0v) is 27.7. The molecule has 10 nitrogen and oxygen atoms in total. The molecule has 2 atom stereocenters. The summed E-state index contributed by atoms with van der Waals surface area (Å²) in [5, 5.41) is 0. The third kappa shape index (κ3) is 6.40. The highest BCUT2D eigenvalue weighted by Gasteiger charge is 2.37. The first-order chi connectivity index (χ1) is 23.6. The quantitative estimate of drug-likeness (QED) is 0.228. The van der Waals surface area contributed by atoms with Crippen molar-refractivity contribution in [1.29, 1.82) is 0 Å². The number of H-pyrrole nitrogens is 2. The van der Waals surface area contributed by atoms with Gasteiger partial charge in [-0.3, -0.25) is 9.59 Å². The van der Waals surface area contributed by atoms with E-state index in [-0.39, 0.29) is 35.7 Å². The van der Waals surface area contributed by atoms with Crippen LogP contribution >= 0.6 is 0 Å². The summed E-state index contributed by atoms with van der Waals surface area (Å²) < 4.78 is 11.0. The second kappa shape index (κ2) is 13.8. The lowest BCUT2D eigenvalue weighted by Gasteiger charge is -2.29. The number of likely N-dealkylation sites (tertiary alicyclic amines) is 2. The summed E-state index contributed by atoms with van der Waals surface area (Å²) in [5.74, 6) is 2.47. The van der Waals surface area contributed by atoms with Crippen LogP contribution < -0.4 is 0 Å². The number of allylic oxidation sites excluding steroid dienone is 2. The summed E-state index contributed by atoms with van der Waals surface area (Å²) in [7, 11) is 0. The summed E-state index contributed by atoms with van der Waals surface area (Å²) in [6, 6.07) is 12.9. The van der Waals surface area contributed by atoms with Gasteiger partial charge in [-0.15, -0.1) is 0 Å². The SMILES string of the molecule is O=C(C1CCOCC1)N1CCC[C@@H]1c1nc2ccc(C/C=C/Cc3ccc4nc([C@H]5CCCN5C(=O)C5CCOCC5)[nH]c4c3)cc2[nH]1. The Hall–Kier alpha value is -4.02. The van der Waals surface area contributed by atoms with Crippen molar-refractivity contribution in [1.82, 2.24) is 29.7 Å². The number of hydrogen-bond acceptors (Lipinski definition) is 6. The number of aromatic nitrogens is 4. The number of carbonyl (C=O) groups is 2. The van der Waals surface area contributed by atoms with E-state index < -0.39 is 0 Å². The van der Waals surface area contributed by atoms with Crippen LogP contribution in [-0.4, -0.2) is 81.1 Å². The number of carbonyl (C=O) groups excluding carboxylic acids is 2. The van der Waals surface area contributed by atoms with E-state index in [0.29, 0.717) is 26.4 Å². The van der Waals surface area contributed by atoms with Crippen molar-refractivity contribution < 1.29 is 19.1 Å². The van der Waals surface area contributed by atoms with Gasteiger partial charge in [-0.1, -0.05) is 24.3 Å². The average molecular weight is 651 g/mol. The van der Waals surface area contributed by atoms with E-state index in [2.05, 4.69) is 68.3 Å². The number of ether oxygens (including phenoxy) is 2. The van der Waals surface area contributed by atoms with Crippen molar-refractivity contribution in [2.75, 3.05) is 39.5 Å². The smallest absolute Gasteiger partial charge is 0.226 e. The molecular weight excluding hydrogens is 604 g/mol. The van der Waals surface area contributed by atoms with Crippen molar-refractivity contribution >= 4 is 33.9 Å². The molecule has 2 N–H and O–H groups in total. The zero-order valence-electron chi connectivity index (χ0n) is 27.7. The fourth-order valence-corrected chi connectivity index (χ4v) is 8.15. The highest BCUT2D eigenvalue weighted by Crippen LogP contribution is 2.36. The van der Waals surface area contributed by atoms with Gasteiger partial charge in [-0.25, -0.2) is 9.97 Å². The fraction of sp³-hybridized carbons (Fsp3) is 0.526. The number of nitrogens with zero attached hydrogens (tertiary/aromatic N) is 4. The number of nitrogens with one attached hydrogen (secondary N) is 2. The van der Waals surface area contributed by atoms with Crippen LogP contribution in [0.4, 0.5) is 0 Å². The number of benzene rings is 2. The highest BCUT2D eigenvalue weighted by atomic mass is 16.5. The van der Waals surface area contributed by atoms with E-state index in [0.717, 1.165) is 111 Å². The van der Waals surface area contributed by atoms with Gasteiger partial charge in [-0.2, -0.15) is 0 Å². The van der Waals surface area contributed by atoms with Crippen LogP contribution in [0.25, 0.3) is 22.1 Å². The number of fused-ring (bicyclic) bond motifs is 2. The van der Waals surface area contributed by atoms with Gasteiger partial charge in [0, 0.05) is 51.4 Å². The molecule has 0 radical (unpaired) electrons. The van der Waals surface area contributed by atoms with E-state index in [9.17, 15) is 9.59 Å². The van der Waals surface area contributed by atoms with E-state index in [1.807, 2.05) is 0 Å². The third-order valence-corrected chi connectivity index (χ3v) is 10.8. The molecule has 0 saturated carbocycles. The molecule has 4 aromatic rings. The standard InChI is InChI=1S/C38H46N6O4/c45-37(27-13-19-47-20-14-27)43-17-3-7-33(43)35-39-29-11-9-25(23-31(29)41-35)5-1-2-6-26-10-12-30-32(24-26)42-36(40-30)34-8-4-18-44(34)38(46)28-15-21-48-22-16-28/h1-2,9-12,23-24,27-28,33-34H,3-8,13-22H2,(H,39,41)(H,40,42)/b2-1+/t33-,34-/m1/s1. The Morgan fingerprint density at radius 1 is 0.667 bits per heavy atom. The Labute approximate surface area is 281 Å². The van der Waals surface area contributed by atoms with Crippen molar-refractivity contribution in [2.24, 2.45) is 11.8 Å². The maximum absolute atomic E-state index is 13.3. The van der Waals surface area contributed by atoms with Crippen LogP contribution in [0.1, 0.15) is 86.2 Å². The number of hydrogen-bond donors (Lipinski definition) is 2. The van der Waals surface area contributed by atoms with Gasteiger partial charge >= 0.3 is 0 Å². The summed E-state index contributed by atoms with van der Waals surface area (Å²) in [6.07, 6.45) is 13.3. The molecule has 0 bridgehead atoms. The maximum Gasteiger partial charge on any atom is 0.226 e. The van der Waals surface area contributed by atoms with Gasteiger partial charge in [0.05, 0.1) is 34.2 Å². The third-order valence-electron chi connectivity index (χ3n) is 10.8. The van der Waals surface area contributed by atoms with Gasteiger partial charge in [0.1, 0.15) is 11.6 Å². The molecule has 2 aromatic carbocycles. The van der Waals surface area contributed by atoms with E-state index in [4.69, 9.17) is 19.4 Å². The number of amides is 2. The van der Waals surface area contributed by atoms with Crippen LogP contribution in [-0.2, 0) is 31.9 Å². The minimum absolute atomic E-state index is 0.0241. The highest BCUT2D eigenvalue weighted by molar-refractivity contribution is 5.81. The van der Waals surface area contributed by atoms with E-state index in [1.165, 1.54) is 11.1 Å². The molecule has 48 heavy (non-hydrogen) atoms. The molecule has 4 aliphatic rings. The predicted octanol–water partition coefficient (Wildman–Crippen LogP) is 5.96. The Morgan fingerprint density at radius 2 is 1.10 bits per heavy atom. The zero-order chi connectivity index (χ0) is 32.5. The topological polar surface area (TPSA) is 116 Å². The molecule has 4 aliphatic heterocycles. The second-order valence-corrected chi connectivity index (χ2v) is 14.0. The minimum atomic E-state index is 0.0241. The number of aromatic amines is 2. The van der Waals surface area contributed by atoms with Gasteiger partial charge in [0.15, 0.2) is 0 Å². The first-order valence-electron chi connectivity index (χ1n) is 18.0. The van der Waals surface area contributed by atoms with Crippen LogP contribution in [0.3, 0.4) is 0 Å². The number of rotatable bonds is 8. The van der Waals surface area contributed by atoms with Gasteiger partial charge in [0.25, 0.3) is 0 Å². The van der Waals surface area contributed by atoms with Crippen LogP contribution in [0.2, 0.25) is 0 Å². The lowest BCUT2D eigenvalue weighted by Crippen LogP contribution is -2.38. The Morgan fingerprint density at radius 3 is 1.54 bits per heavy atom. The van der Waals surface area contributed by atoms with E-state index in [1.54, 1.807) is 0 Å². The average Bonchev–Trinajstić information content (AvgIpc) is 3.95. The molecule has 6 heterocycles. The summed E-state index contributed by atoms with van der Waals surface area (Å²) in [4.78, 5) is 47.7. The molecule has 0 aliphatic carbocycles. The second-order valence-electron chi connectivity index (χ2n) is 14.0. The normalized spacial score (nSPS) is 22.9. The molecule has 2 aromatic heterocycles. The van der Waals surface area contributed by atoms with Crippen molar-refractivity contribution in [3.63, 3.8) is 0 Å². The van der Waals surface area contributed by atoms with Crippen LogP contribution in [0, 0.1) is 11.8 Å². The molecule has 4 fully saturated rings. The first kappa shape index (κ1) is 31.3. The Kier molecular flexibility index (Phi) is 9.01. The summed E-state index contributed by atoms with van der Waals surface area (Å²) >= 11 is 0. The van der Waals surface area contributed by atoms with Gasteiger partial charge in [0.2, 0.25) is 11.8 Å². The minimum Gasteiger partial charge on any atom is -0.381 e. The summed E-state index contributed by atoms with van der Waals surface area (Å²) in [6.45, 7) is 4.32. The predicted molar refractivity (Wildman–Crippen MR) is 183 cm³/mol. The van der Waals surface area contributed by atoms with Crippen molar-refractivity contribution in [3.8, 4) is 0 Å². The van der Waals surface area contributed by atoms with Crippen molar-refractivity contribution in [2.45, 2.75) is 76.3 Å². The molecule has 4 saturated heterocycles. The molecule has 8 rings (SSSR count).